The molecule has 4 heterocycles. The summed E-state index contributed by atoms with van der Waals surface area (Å²) >= 11 is 0. The summed E-state index contributed by atoms with van der Waals surface area (Å²) in [7, 11) is 0. The standard InChI is InChI=1S/C19H19F3N6O2/c20-19(21,22)15-6-16(25-10-24-15)27-7-13-5-14(8-27)28(13)9-17(29)26-12-3-1-11(2-4-12)18(23)30/h1-4,6,10,13-14H,5,7-9H2,(H2,23,30)(H,26,29). The molecule has 2 unspecified atom stereocenters. The molecule has 2 atom stereocenters. The van der Waals surface area contributed by atoms with E-state index in [1.54, 1.807) is 17.0 Å². The molecular formula is C19H19F3N6O2. The smallest absolute Gasteiger partial charge is 0.366 e. The second kappa shape index (κ2) is 7.56. The van der Waals surface area contributed by atoms with Crippen LogP contribution in [0.3, 0.4) is 0 Å². The number of primary amides is 1. The van der Waals surface area contributed by atoms with E-state index in [0.717, 1.165) is 18.8 Å². The molecule has 2 bridgehead atoms. The number of nitrogens with zero attached hydrogens (tertiary/aromatic N) is 4. The van der Waals surface area contributed by atoms with Crippen LogP contribution in [-0.4, -0.2) is 58.4 Å². The molecule has 0 spiro atoms. The van der Waals surface area contributed by atoms with E-state index in [1.165, 1.54) is 12.1 Å². The molecular weight excluding hydrogens is 401 g/mol. The van der Waals surface area contributed by atoms with E-state index >= 15 is 0 Å². The van der Waals surface area contributed by atoms with Crippen molar-refractivity contribution >= 4 is 23.3 Å². The lowest BCUT2D eigenvalue weighted by atomic mass is 9.87. The number of aromatic nitrogens is 2. The summed E-state index contributed by atoms with van der Waals surface area (Å²) in [5.41, 5.74) is 5.13. The van der Waals surface area contributed by atoms with Gasteiger partial charge in [0.2, 0.25) is 11.8 Å². The Morgan fingerprint density at radius 2 is 1.80 bits per heavy atom. The number of nitrogens with two attached hydrogens (primary N) is 1. The average molecular weight is 420 g/mol. The van der Waals surface area contributed by atoms with Crippen LogP contribution in [0, 0.1) is 0 Å². The first-order valence-corrected chi connectivity index (χ1v) is 9.30. The maximum absolute atomic E-state index is 12.9. The third kappa shape index (κ3) is 4.06. The zero-order valence-corrected chi connectivity index (χ0v) is 15.8. The molecule has 8 nitrogen and oxygen atoms in total. The Balaban J connectivity index is 1.34. The fourth-order valence-electron chi connectivity index (χ4n) is 3.89. The molecule has 3 saturated heterocycles. The van der Waals surface area contributed by atoms with Crippen LogP contribution in [0.4, 0.5) is 24.7 Å². The summed E-state index contributed by atoms with van der Waals surface area (Å²) in [6.45, 7) is 1.16. The number of carbonyl (C=O) groups is 2. The van der Waals surface area contributed by atoms with E-state index in [1.807, 2.05) is 4.90 Å². The van der Waals surface area contributed by atoms with Crippen molar-refractivity contribution in [3.8, 4) is 0 Å². The first-order valence-electron chi connectivity index (χ1n) is 9.30. The number of nitrogens with one attached hydrogen (secondary N) is 1. The molecule has 3 N–H and O–H groups in total. The summed E-state index contributed by atoms with van der Waals surface area (Å²) in [6.07, 6.45) is -2.71. The van der Waals surface area contributed by atoms with Crippen molar-refractivity contribution in [3.05, 3.63) is 47.9 Å². The first kappa shape index (κ1) is 20.1. The maximum Gasteiger partial charge on any atom is 0.433 e. The summed E-state index contributed by atoms with van der Waals surface area (Å²) in [5.74, 6) is -0.506. The SMILES string of the molecule is NC(=O)c1ccc(NC(=O)CN2C3CC2CN(c2cc(C(F)(F)F)ncn2)C3)cc1. The quantitative estimate of drug-likeness (QED) is 0.760. The fraction of sp³-hybridized carbons (Fsp3) is 0.368. The van der Waals surface area contributed by atoms with Gasteiger partial charge in [0.25, 0.3) is 0 Å². The molecule has 1 aromatic heterocycles. The van der Waals surface area contributed by atoms with Crippen LogP contribution in [0.1, 0.15) is 22.5 Å². The third-order valence-electron chi connectivity index (χ3n) is 5.39. The van der Waals surface area contributed by atoms with Gasteiger partial charge in [-0.3, -0.25) is 14.5 Å². The predicted octanol–water partition coefficient (Wildman–Crippen LogP) is 1.50. The molecule has 11 heteroatoms. The zero-order valence-electron chi connectivity index (χ0n) is 15.8. The van der Waals surface area contributed by atoms with E-state index in [4.69, 9.17) is 5.73 Å². The lowest BCUT2D eigenvalue weighted by Gasteiger charge is -2.56. The predicted molar refractivity (Wildman–Crippen MR) is 102 cm³/mol. The molecule has 5 rings (SSSR count). The number of piperazine rings is 1. The van der Waals surface area contributed by atoms with Gasteiger partial charge in [-0.25, -0.2) is 9.97 Å². The summed E-state index contributed by atoms with van der Waals surface area (Å²) in [6, 6.07) is 7.36. The first-order chi connectivity index (χ1) is 14.2. The van der Waals surface area contributed by atoms with E-state index in [-0.39, 0.29) is 30.4 Å². The maximum atomic E-state index is 12.9. The molecule has 2 amide bonds. The summed E-state index contributed by atoms with van der Waals surface area (Å²) in [4.78, 5) is 34.6. The highest BCUT2D eigenvalue weighted by Gasteiger charge is 2.45. The van der Waals surface area contributed by atoms with Crippen LogP contribution in [0.5, 0.6) is 0 Å². The van der Waals surface area contributed by atoms with Crippen LogP contribution < -0.4 is 16.0 Å². The molecule has 30 heavy (non-hydrogen) atoms. The van der Waals surface area contributed by atoms with Gasteiger partial charge in [0.1, 0.15) is 17.8 Å². The van der Waals surface area contributed by atoms with Gasteiger partial charge in [-0.05, 0) is 30.7 Å². The minimum absolute atomic E-state index is 0.0658. The second-order valence-electron chi connectivity index (χ2n) is 7.37. The number of amides is 2. The van der Waals surface area contributed by atoms with Gasteiger partial charge in [-0.2, -0.15) is 13.2 Å². The number of alkyl halides is 3. The van der Waals surface area contributed by atoms with Gasteiger partial charge in [-0.15, -0.1) is 0 Å². The Morgan fingerprint density at radius 1 is 1.13 bits per heavy atom. The molecule has 0 saturated carbocycles. The van der Waals surface area contributed by atoms with E-state index in [2.05, 4.69) is 15.3 Å². The van der Waals surface area contributed by atoms with E-state index < -0.39 is 17.8 Å². The Bertz CT molecular complexity index is 953. The van der Waals surface area contributed by atoms with Crippen LogP contribution in [0.2, 0.25) is 0 Å². The van der Waals surface area contributed by atoms with E-state index in [9.17, 15) is 22.8 Å². The number of hydrogen-bond acceptors (Lipinski definition) is 6. The van der Waals surface area contributed by atoms with Gasteiger partial charge in [-0.1, -0.05) is 0 Å². The van der Waals surface area contributed by atoms with Crippen molar-refractivity contribution in [2.75, 3.05) is 29.9 Å². The topological polar surface area (TPSA) is 104 Å². The van der Waals surface area contributed by atoms with Crippen molar-refractivity contribution in [1.29, 1.82) is 0 Å². The van der Waals surface area contributed by atoms with Crippen molar-refractivity contribution in [1.82, 2.24) is 14.9 Å². The molecule has 0 radical (unpaired) electrons. The van der Waals surface area contributed by atoms with Crippen LogP contribution >= 0.6 is 0 Å². The normalized spacial score (nSPS) is 21.1. The Labute approximate surface area is 169 Å². The zero-order chi connectivity index (χ0) is 21.5. The number of benzene rings is 1. The fourth-order valence-corrected chi connectivity index (χ4v) is 3.89. The molecule has 0 aliphatic carbocycles. The van der Waals surface area contributed by atoms with Gasteiger partial charge in [0.05, 0.1) is 6.54 Å². The number of halogens is 3. The number of hydrogen-bond donors (Lipinski definition) is 2. The highest BCUT2D eigenvalue weighted by Crippen LogP contribution is 2.35. The molecule has 3 fully saturated rings. The van der Waals surface area contributed by atoms with Crippen molar-refractivity contribution in [3.63, 3.8) is 0 Å². The van der Waals surface area contributed by atoms with Crippen LogP contribution in [0.25, 0.3) is 0 Å². The number of fused-ring (bicyclic) bond motifs is 2. The van der Waals surface area contributed by atoms with Crippen molar-refractivity contribution in [2.45, 2.75) is 24.7 Å². The molecule has 1 aromatic carbocycles. The van der Waals surface area contributed by atoms with Gasteiger partial charge in [0, 0.05) is 42.5 Å². The largest absolute Gasteiger partial charge is 0.433 e. The minimum atomic E-state index is -4.52. The van der Waals surface area contributed by atoms with Gasteiger partial charge >= 0.3 is 6.18 Å². The van der Waals surface area contributed by atoms with Crippen LogP contribution in [0.15, 0.2) is 36.7 Å². The molecule has 3 aliphatic rings. The van der Waals surface area contributed by atoms with Crippen molar-refractivity contribution < 1.29 is 22.8 Å². The lowest BCUT2D eigenvalue weighted by molar-refractivity contribution is -0.141. The minimum Gasteiger partial charge on any atom is -0.366 e. The Kier molecular flexibility index (Phi) is 5.06. The average Bonchev–Trinajstić information content (AvgIpc) is 2.72. The third-order valence-corrected chi connectivity index (χ3v) is 5.39. The van der Waals surface area contributed by atoms with Gasteiger partial charge < -0.3 is 16.0 Å². The molecule has 158 valence electrons. The molecule has 3 aliphatic heterocycles. The van der Waals surface area contributed by atoms with Crippen LogP contribution in [-0.2, 0) is 11.0 Å². The highest BCUT2D eigenvalue weighted by molar-refractivity contribution is 5.95. The second-order valence-corrected chi connectivity index (χ2v) is 7.37. The number of rotatable bonds is 5. The molecule has 2 aromatic rings. The number of piperidine rings is 1. The summed E-state index contributed by atoms with van der Waals surface area (Å²) < 4.78 is 38.6. The highest BCUT2D eigenvalue weighted by atomic mass is 19.4. The van der Waals surface area contributed by atoms with E-state index in [0.29, 0.717) is 24.3 Å². The Hall–Kier alpha value is -3.21. The number of anilines is 2. The Morgan fingerprint density at radius 3 is 2.40 bits per heavy atom. The number of carbonyl (C=O) groups excluding carboxylic acids is 2. The summed E-state index contributed by atoms with van der Waals surface area (Å²) in [5, 5.41) is 2.77. The lowest BCUT2D eigenvalue weighted by Crippen LogP contribution is -2.69. The van der Waals surface area contributed by atoms with Gasteiger partial charge in [0.15, 0.2) is 0 Å². The van der Waals surface area contributed by atoms with Crippen molar-refractivity contribution in [2.24, 2.45) is 5.73 Å². The monoisotopic (exact) mass is 420 g/mol.